The van der Waals surface area contributed by atoms with Gasteiger partial charge in [0.1, 0.15) is 16.5 Å². The van der Waals surface area contributed by atoms with Crippen LogP contribution in [-0.4, -0.2) is 18.1 Å². The third-order valence-electron chi connectivity index (χ3n) is 5.50. The number of benzene rings is 2. The summed E-state index contributed by atoms with van der Waals surface area (Å²) in [5, 5.41) is 0.732. The minimum absolute atomic E-state index is 0.547. The van der Waals surface area contributed by atoms with Gasteiger partial charge in [0.15, 0.2) is 0 Å². The molecule has 0 radical (unpaired) electrons. The standard InChI is InChI=1S/C29H29N3OS/c1-5-17-32(18-6-2)24-14-11-22(12-15-24)13-16-25-20-23(19-21(3)33-25)28(30-4)29-31-26-9-7-8-10-27(26)34-29/h7-16,19-20H,5-6,17-18H2,1-3H3/b16-13+,28-23-. The first-order valence-electron chi connectivity index (χ1n) is 11.7. The van der Waals surface area contributed by atoms with Gasteiger partial charge in [0.25, 0.3) is 0 Å². The number of allylic oxidation sites excluding steroid dienone is 5. The quantitative estimate of drug-likeness (QED) is 0.314. The Morgan fingerprint density at radius 3 is 2.44 bits per heavy atom. The Morgan fingerprint density at radius 1 is 1.03 bits per heavy atom. The van der Waals surface area contributed by atoms with Gasteiger partial charge in [0.2, 0.25) is 5.70 Å². The van der Waals surface area contributed by atoms with Gasteiger partial charge in [-0.15, -0.1) is 11.3 Å². The average Bonchev–Trinajstić information content (AvgIpc) is 3.27. The molecule has 0 bridgehead atoms. The molecule has 0 spiro atoms. The molecule has 0 amide bonds. The number of para-hydroxylation sites is 1. The molecule has 4 rings (SSSR count). The molecule has 0 atom stereocenters. The molecule has 0 N–H and O–H groups in total. The molecule has 1 aliphatic heterocycles. The summed E-state index contributed by atoms with van der Waals surface area (Å²) in [6.07, 6.45) is 10.1. The summed E-state index contributed by atoms with van der Waals surface area (Å²) in [6, 6.07) is 16.6. The maximum absolute atomic E-state index is 7.80. The SMILES string of the molecule is [C-]#[N+]/C(=C1/C=C(C)OC(/C=C/c2ccc(N(CCC)CCC)cc2)=C1)c1nc2ccccc2s1. The maximum atomic E-state index is 7.80. The van der Waals surface area contributed by atoms with Crippen LogP contribution in [0.4, 0.5) is 5.69 Å². The molecule has 1 aromatic heterocycles. The molecule has 0 saturated heterocycles. The Kier molecular flexibility index (Phi) is 7.61. The maximum Gasteiger partial charge on any atom is 0.229 e. The largest absolute Gasteiger partial charge is 0.462 e. The lowest BCUT2D eigenvalue weighted by atomic mass is 10.1. The van der Waals surface area contributed by atoms with Gasteiger partial charge in [-0.1, -0.05) is 44.2 Å². The first-order chi connectivity index (χ1) is 16.6. The first kappa shape index (κ1) is 23.5. The van der Waals surface area contributed by atoms with Crippen molar-refractivity contribution < 1.29 is 4.74 Å². The molecule has 4 nitrogen and oxygen atoms in total. The molecule has 5 heteroatoms. The van der Waals surface area contributed by atoms with Gasteiger partial charge in [-0.05, 0) is 73.4 Å². The van der Waals surface area contributed by atoms with Crippen LogP contribution in [0.5, 0.6) is 0 Å². The summed E-state index contributed by atoms with van der Waals surface area (Å²) in [4.78, 5) is 10.9. The third-order valence-corrected chi connectivity index (χ3v) is 6.55. The van der Waals surface area contributed by atoms with Crippen molar-refractivity contribution in [2.24, 2.45) is 0 Å². The zero-order chi connectivity index (χ0) is 23.9. The van der Waals surface area contributed by atoms with E-state index in [2.05, 4.69) is 52.8 Å². The van der Waals surface area contributed by atoms with Crippen molar-refractivity contribution in [3.63, 3.8) is 0 Å². The molecule has 3 aromatic rings. The molecule has 0 saturated carbocycles. The topological polar surface area (TPSA) is 29.7 Å². The number of anilines is 1. The van der Waals surface area contributed by atoms with Crippen LogP contribution in [0.2, 0.25) is 0 Å². The lowest BCUT2D eigenvalue weighted by molar-refractivity contribution is 0.318. The number of hydrogen-bond donors (Lipinski definition) is 0. The van der Waals surface area contributed by atoms with Gasteiger partial charge >= 0.3 is 0 Å². The van der Waals surface area contributed by atoms with E-state index in [4.69, 9.17) is 11.3 Å². The number of aromatic nitrogens is 1. The van der Waals surface area contributed by atoms with Crippen LogP contribution in [-0.2, 0) is 4.74 Å². The van der Waals surface area contributed by atoms with Gasteiger partial charge in [0, 0.05) is 18.8 Å². The summed E-state index contributed by atoms with van der Waals surface area (Å²) >= 11 is 1.54. The number of thiazole rings is 1. The Labute approximate surface area is 206 Å². The Morgan fingerprint density at radius 2 is 1.76 bits per heavy atom. The molecule has 0 fully saturated rings. The van der Waals surface area contributed by atoms with E-state index in [0.29, 0.717) is 11.5 Å². The van der Waals surface area contributed by atoms with E-state index in [1.54, 1.807) is 11.3 Å². The Hall–Kier alpha value is -3.62. The fraction of sp³-hybridized carbons (Fsp3) is 0.241. The number of nitrogens with zero attached hydrogens (tertiary/aromatic N) is 3. The average molecular weight is 468 g/mol. The van der Waals surface area contributed by atoms with Gasteiger partial charge in [0.05, 0.1) is 16.8 Å². The predicted octanol–water partition coefficient (Wildman–Crippen LogP) is 8.08. The van der Waals surface area contributed by atoms with Crippen molar-refractivity contribution in [3.05, 3.63) is 106 Å². The van der Waals surface area contributed by atoms with Crippen molar-refractivity contribution >= 4 is 39.0 Å². The zero-order valence-corrected chi connectivity index (χ0v) is 20.7. The highest BCUT2D eigenvalue weighted by atomic mass is 32.1. The third kappa shape index (κ3) is 5.47. The summed E-state index contributed by atoms with van der Waals surface area (Å²) < 4.78 is 7.01. The van der Waals surface area contributed by atoms with Crippen LogP contribution < -0.4 is 4.90 Å². The number of ether oxygens (including phenoxy) is 1. The Bertz CT molecular complexity index is 1280. The summed E-state index contributed by atoms with van der Waals surface area (Å²) in [7, 11) is 0. The minimum atomic E-state index is 0.547. The molecular weight excluding hydrogens is 438 g/mol. The number of rotatable bonds is 8. The van der Waals surface area contributed by atoms with Crippen molar-refractivity contribution in [3.8, 4) is 0 Å². The van der Waals surface area contributed by atoms with Crippen molar-refractivity contribution in [1.82, 2.24) is 4.98 Å². The monoisotopic (exact) mass is 467 g/mol. The van der Waals surface area contributed by atoms with Gasteiger partial charge in [-0.25, -0.2) is 9.83 Å². The molecule has 1 aliphatic rings. The minimum Gasteiger partial charge on any atom is -0.462 e. The molecular formula is C29H29N3OS. The second-order valence-corrected chi connectivity index (χ2v) is 9.25. The highest BCUT2D eigenvalue weighted by Gasteiger charge is 2.16. The van der Waals surface area contributed by atoms with Crippen molar-refractivity contribution in [2.75, 3.05) is 18.0 Å². The van der Waals surface area contributed by atoms with Crippen LogP contribution in [0, 0.1) is 6.57 Å². The fourth-order valence-corrected chi connectivity index (χ4v) is 4.95. The summed E-state index contributed by atoms with van der Waals surface area (Å²) in [6.45, 7) is 16.3. The van der Waals surface area contributed by atoms with Gasteiger partial charge < -0.3 is 9.64 Å². The molecule has 34 heavy (non-hydrogen) atoms. The molecule has 2 heterocycles. The van der Waals surface area contributed by atoms with Crippen LogP contribution in [0.3, 0.4) is 0 Å². The van der Waals surface area contributed by atoms with Crippen LogP contribution >= 0.6 is 11.3 Å². The molecule has 0 aliphatic carbocycles. The van der Waals surface area contributed by atoms with Gasteiger partial charge in [-0.2, -0.15) is 0 Å². The lowest BCUT2D eigenvalue weighted by Gasteiger charge is -2.23. The summed E-state index contributed by atoms with van der Waals surface area (Å²) in [5.74, 6) is 1.46. The molecule has 0 unspecified atom stereocenters. The van der Waals surface area contributed by atoms with Gasteiger partial charge in [-0.3, -0.25) is 0 Å². The van der Waals surface area contributed by atoms with E-state index in [1.165, 1.54) is 5.69 Å². The van der Waals surface area contributed by atoms with Crippen molar-refractivity contribution in [2.45, 2.75) is 33.6 Å². The zero-order valence-electron chi connectivity index (χ0n) is 19.9. The molecule has 2 aromatic carbocycles. The van der Waals surface area contributed by atoms with E-state index in [1.807, 2.05) is 55.5 Å². The predicted molar refractivity (Wildman–Crippen MR) is 144 cm³/mol. The van der Waals surface area contributed by atoms with E-state index >= 15 is 0 Å². The Balaban J connectivity index is 1.58. The molecule has 172 valence electrons. The normalized spacial score (nSPS) is 15.0. The first-order valence-corrected chi connectivity index (χ1v) is 12.5. The van der Waals surface area contributed by atoms with Crippen molar-refractivity contribution in [1.29, 1.82) is 0 Å². The van der Waals surface area contributed by atoms with Crippen LogP contribution in [0.1, 0.15) is 44.2 Å². The van der Waals surface area contributed by atoms with E-state index in [-0.39, 0.29) is 0 Å². The highest BCUT2D eigenvalue weighted by molar-refractivity contribution is 7.19. The number of fused-ring (bicyclic) bond motifs is 1. The van der Waals surface area contributed by atoms with E-state index in [0.717, 1.165) is 58.1 Å². The smallest absolute Gasteiger partial charge is 0.229 e. The fourth-order valence-electron chi connectivity index (χ4n) is 3.97. The number of hydrogen-bond acceptors (Lipinski definition) is 4. The van der Waals surface area contributed by atoms with Crippen LogP contribution in [0.25, 0.3) is 26.8 Å². The van der Waals surface area contributed by atoms with Crippen LogP contribution in [0.15, 0.2) is 83.9 Å². The lowest BCUT2D eigenvalue weighted by Crippen LogP contribution is -2.24. The highest BCUT2D eigenvalue weighted by Crippen LogP contribution is 2.33. The van der Waals surface area contributed by atoms with E-state index < -0.39 is 0 Å². The second-order valence-electron chi connectivity index (χ2n) is 8.22. The second kappa shape index (κ2) is 11.0. The summed E-state index contributed by atoms with van der Waals surface area (Å²) in [5.41, 5.74) is 4.65. The van der Waals surface area contributed by atoms with E-state index in [9.17, 15) is 0 Å².